The Morgan fingerprint density at radius 3 is 2.34 bits per heavy atom. The van der Waals surface area contributed by atoms with Crippen LogP contribution in [0.4, 0.5) is 4.79 Å². The molecule has 2 bridgehead atoms. The number of carbonyl (C=O) groups excluding carboxylic acids is 2. The SMILES string of the molecule is CC12CN(C(=O)[C@@H]3OCC[C@@H]3NC(=O)OCC3c4ccccc4-c4ccccc43)C(C(=O)O)(C1)C2. The van der Waals surface area contributed by atoms with E-state index in [0.29, 0.717) is 32.4 Å². The van der Waals surface area contributed by atoms with Crippen LogP contribution in [0.2, 0.25) is 0 Å². The number of hydrogen-bond acceptors (Lipinski definition) is 5. The molecule has 2 aliphatic carbocycles. The van der Waals surface area contributed by atoms with E-state index in [1.165, 1.54) is 4.90 Å². The normalized spacial score (nSPS) is 30.4. The maximum absolute atomic E-state index is 13.3. The first-order valence-electron chi connectivity index (χ1n) is 12.1. The number of benzene rings is 2. The molecule has 5 aliphatic rings. The van der Waals surface area contributed by atoms with Gasteiger partial charge in [0.15, 0.2) is 6.10 Å². The van der Waals surface area contributed by atoms with Crippen LogP contribution in [0, 0.1) is 5.41 Å². The summed E-state index contributed by atoms with van der Waals surface area (Å²) in [6, 6.07) is 15.7. The largest absolute Gasteiger partial charge is 0.479 e. The third-order valence-corrected chi connectivity index (χ3v) is 8.14. The van der Waals surface area contributed by atoms with E-state index >= 15 is 0 Å². The highest BCUT2D eigenvalue weighted by Crippen LogP contribution is 2.59. The average Bonchev–Trinajstić information content (AvgIpc) is 3.56. The van der Waals surface area contributed by atoms with Gasteiger partial charge in [0.1, 0.15) is 12.1 Å². The standard InChI is InChI=1S/C27H28N2O6/c1-26-13-27(14-26,24(31)32)29(15-26)23(30)22-21(10-11-34-22)28-25(33)35-12-20-18-8-4-2-6-16(18)17-7-3-5-9-19(17)20/h2-9,20-22H,10-15H2,1H3,(H,28,33)(H,31,32)/t21-,22+,26?,27?/m0/s1. The maximum Gasteiger partial charge on any atom is 0.407 e. The van der Waals surface area contributed by atoms with E-state index in [1.54, 1.807) is 0 Å². The second kappa shape index (κ2) is 7.81. The molecule has 2 amide bonds. The lowest BCUT2D eigenvalue weighted by molar-refractivity contribution is -0.163. The lowest BCUT2D eigenvalue weighted by Gasteiger charge is -2.43. The second-order valence-electron chi connectivity index (χ2n) is 10.6. The minimum absolute atomic E-state index is 0.0574. The van der Waals surface area contributed by atoms with Gasteiger partial charge < -0.3 is 24.8 Å². The quantitative estimate of drug-likeness (QED) is 0.687. The number of carbonyl (C=O) groups is 3. The van der Waals surface area contributed by atoms with Crippen molar-refractivity contribution in [3.63, 3.8) is 0 Å². The van der Waals surface area contributed by atoms with E-state index in [9.17, 15) is 19.5 Å². The molecular formula is C27H28N2O6. The number of carboxylic acid groups (broad SMARTS) is 1. The summed E-state index contributed by atoms with van der Waals surface area (Å²) in [5.74, 6) is -1.40. The zero-order valence-electron chi connectivity index (χ0n) is 19.5. The van der Waals surface area contributed by atoms with Crippen molar-refractivity contribution in [1.29, 1.82) is 0 Å². The molecule has 1 saturated carbocycles. The van der Waals surface area contributed by atoms with Crippen LogP contribution in [0.5, 0.6) is 0 Å². The summed E-state index contributed by atoms with van der Waals surface area (Å²) in [5.41, 5.74) is 3.24. The fraction of sp³-hybridized carbons (Fsp3) is 0.444. The van der Waals surface area contributed by atoms with Gasteiger partial charge in [0.2, 0.25) is 0 Å². The molecule has 3 saturated heterocycles. The number of fused-ring (bicyclic) bond motifs is 4. The van der Waals surface area contributed by atoms with E-state index in [-0.39, 0.29) is 23.8 Å². The van der Waals surface area contributed by atoms with Crippen LogP contribution in [0.15, 0.2) is 48.5 Å². The molecule has 0 unspecified atom stereocenters. The first-order valence-corrected chi connectivity index (χ1v) is 12.1. The fourth-order valence-electron chi connectivity index (χ4n) is 6.68. The Morgan fingerprint density at radius 2 is 1.71 bits per heavy atom. The number of amides is 2. The fourth-order valence-corrected chi connectivity index (χ4v) is 6.68. The lowest BCUT2D eigenvalue weighted by atomic mass is 9.63. The van der Waals surface area contributed by atoms with Crippen molar-refractivity contribution in [2.24, 2.45) is 5.41 Å². The molecule has 8 heteroatoms. The predicted octanol–water partition coefficient (Wildman–Crippen LogP) is 3.15. The van der Waals surface area contributed by atoms with Crippen LogP contribution in [-0.2, 0) is 19.1 Å². The molecule has 0 radical (unpaired) electrons. The summed E-state index contributed by atoms with van der Waals surface area (Å²) >= 11 is 0. The average molecular weight is 477 g/mol. The topological polar surface area (TPSA) is 105 Å². The molecule has 2 aromatic rings. The van der Waals surface area contributed by atoms with E-state index in [0.717, 1.165) is 22.3 Å². The number of aliphatic carboxylic acids is 1. The molecule has 3 aliphatic heterocycles. The van der Waals surface area contributed by atoms with Gasteiger partial charge in [0, 0.05) is 19.1 Å². The Hall–Kier alpha value is -3.39. The highest BCUT2D eigenvalue weighted by molar-refractivity contribution is 5.92. The van der Waals surface area contributed by atoms with Crippen molar-refractivity contribution in [1.82, 2.24) is 10.2 Å². The second-order valence-corrected chi connectivity index (χ2v) is 10.6. The zero-order valence-corrected chi connectivity index (χ0v) is 19.5. The monoisotopic (exact) mass is 476 g/mol. The first kappa shape index (κ1) is 22.1. The molecule has 4 fully saturated rings. The first-order chi connectivity index (χ1) is 16.8. The number of alkyl carbamates (subject to hydrolysis) is 1. The van der Waals surface area contributed by atoms with Gasteiger partial charge in [-0.05, 0) is 46.9 Å². The summed E-state index contributed by atoms with van der Waals surface area (Å²) in [6.07, 6.45) is -0.136. The van der Waals surface area contributed by atoms with Crippen LogP contribution in [0.1, 0.15) is 43.2 Å². The predicted molar refractivity (Wildman–Crippen MR) is 126 cm³/mol. The zero-order chi connectivity index (χ0) is 24.4. The van der Waals surface area contributed by atoms with E-state index in [1.807, 2.05) is 31.2 Å². The van der Waals surface area contributed by atoms with Gasteiger partial charge in [0.25, 0.3) is 5.91 Å². The molecule has 35 heavy (non-hydrogen) atoms. The third kappa shape index (κ3) is 3.34. The molecule has 0 spiro atoms. The summed E-state index contributed by atoms with van der Waals surface area (Å²) < 4.78 is 11.3. The molecule has 2 atom stereocenters. The van der Waals surface area contributed by atoms with Crippen molar-refractivity contribution < 1.29 is 29.0 Å². The van der Waals surface area contributed by atoms with E-state index in [4.69, 9.17) is 9.47 Å². The molecule has 3 heterocycles. The number of hydrogen-bond donors (Lipinski definition) is 2. The molecule has 182 valence electrons. The number of carboxylic acids is 1. The van der Waals surface area contributed by atoms with Gasteiger partial charge in [-0.1, -0.05) is 55.5 Å². The van der Waals surface area contributed by atoms with E-state index in [2.05, 4.69) is 29.6 Å². The highest BCUT2D eigenvalue weighted by atomic mass is 16.6. The van der Waals surface area contributed by atoms with Gasteiger partial charge in [0.05, 0.1) is 6.04 Å². The minimum Gasteiger partial charge on any atom is -0.479 e. The van der Waals surface area contributed by atoms with Crippen LogP contribution >= 0.6 is 0 Å². The summed E-state index contributed by atoms with van der Waals surface area (Å²) in [5, 5.41) is 12.6. The smallest absolute Gasteiger partial charge is 0.407 e. The Bertz CT molecular complexity index is 1170. The van der Waals surface area contributed by atoms with Gasteiger partial charge >= 0.3 is 12.1 Å². The summed E-state index contributed by atoms with van der Waals surface area (Å²) in [7, 11) is 0. The van der Waals surface area contributed by atoms with Crippen LogP contribution in [-0.4, -0.2) is 65.4 Å². The van der Waals surface area contributed by atoms with Gasteiger partial charge in [-0.25, -0.2) is 9.59 Å². The molecule has 0 aromatic heterocycles. The van der Waals surface area contributed by atoms with Gasteiger partial charge in [-0.2, -0.15) is 0 Å². The lowest BCUT2D eigenvalue weighted by Crippen LogP contribution is -2.59. The number of nitrogens with zero attached hydrogens (tertiary/aromatic N) is 1. The summed E-state index contributed by atoms with van der Waals surface area (Å²) in [6.45, 7) is 2.90. The molecule has 2 aromatic carbocycles. The summed E-state index contributed by atoms with van der Waals surface area (Å²) in [4.78, 5) is 39.5. The molecular weight excluding hydrogens is 448 g/mol. The number of nitrogens with one attached hydrogen (secondary N) is 1. The minimum atomic E-state index is -1.15. The van der Waals surface area contributed by atoms with Crippen LogP contribution in [0.3, 0.4) is 0 Å². The Balaban J connectivity index is 1.12. The maximum atomic E-state index is 13.3. The van der Waals surface area contributed by atoms with Crippen molar-refractivity contribution in [3.05, 3.63) is 59.7 Å². The van der Waals surface area contributed by atoms with Crippen molar-refractivity contribution >= 4 is 18.0 Å². The number of ether oxygens (including phenoxy) is 2. The van der Waals surface area contributed by atoms with Crippen LogP contribution in [0.25, 0.3) is 11.1 Å². The highest BCUT2D eigenvalue weighted by Gasteiger charge is 2.69. The molecule has 2 N–H and O–H groups in total. The van der Waals surface area contributed by atoms with Gasteiger partial charge in [-0.3, -0.25) is 4.79 Å². The number of rotatable bonds is 5. The molecule has 7 rings (SSSR count). The van der Waals surface area contributed by atoms with Crippen molar-refractivity contribution in [2.75, 3.05) is 19.8 Å². The van der Waals surface area contributed by atoms with Crippen LogP contribution < -0.4 is 5.32 Å². The van der Waals surface area contributed by atoms with Gasteiger partial charge in [-0.15, -0.1) is 0 Å². The third-order valence-electron chi connectivity index (χ3n) is 8.14. The Kier molecular flexibility index (Phi) is 4.93. The van der Waals surface area contributed by atoms with Crippen molar-refractivity contribution in [3.8, 4) is 11.1 Å². The Labute approximate surface area is 203 Å². The Morgan fingerprint density at radius 1 is 1.09 bits per heavy atom. The molecule has 8 nitrogen and oxygen atoms in total. The van der Waals surface area contributed by atoms with E-state index < -0.39 is 29.7 Å². The van der Waals surface area contributed by atoms with Crippen molar-refractivity contribution in [2.45, 2.75) is 49.8 Å².